The van der Waals surface area contributed by atoms with Crippen LogP contribution in [0.5, 0.6) is 0 Å². The van der Waals surface area contributed by atoms with E-state index >= 15 is 0 Å². The zero-order valence-electron chi connectivity index (χ0n) is 27.4. The number of hydrogen-bond donors (Lipinski definition) is 3. The number of carbonyl (C=O) groups is 2. The Balaban J connectivity index is 1.01. The fraction of sp³-hybridized carbons (Fsp3) is 0.395. The molecule has 1 heterocycles. The number of aryl methyl sites for hydroxylation is 1. The van der Waals surface area contributed by atoms with E-state index in [1.165, 1.54) is 5.35 Å². The maximum absolute atomic E-state index is 12.8. The average molecular weight is 621 g/mol. The third-order valence-electron chi connectivity index (χ3n) is 8.49. The quantitative estimate of drug-likeness (QED) is 0.128. The van der Waals surface area contributed by atoms with Crippen LogP contribution < -0.4 is 31.2 Å². The Kier molecular flexibility index (Phi) is 12.0. The smallest absolute Gasteiger partial charge is 0.233 e. The molecule has 2 aromatic carbocycles. The molecule has 0 atom stereocenters. The Hall–Kier alpha value is -4.43. The molecule has 46 heavy (non-hydrogen) atoms. The van der Waals surface area contributed by atoms with Crippen LogP contribution in [0.4, 0.5) is 17.1 Å². The zero-order chi connectivity index (χ0) is 32.1. The highest BCUT2D eigenvalue weighted by atomic mass is 16.2. The Labute approximate surface area is 272 Å². The van der Waals surface area contributed by atoms with Crippen molar-refractivity contribution in [2.45, 2.75) is 91.0 Å². The number of rotatable bonds is 15. The second kappa shape index (κ2) is 16.8. The zero-order valence-corrected chi connectivity index (χ0v) is 27.4. The second-order valence-electron chi connectivity index (χ2n) is 11.9. The molecule has 0 spiro atoms. The molecule has 3 aromatic rings. The van der Waals surface area contributed by atoms with Gasteiger partial charge in [-0.3, -0.25) is 9.59 Å². The largest absolute Gasteiger partial charge is 0.324 e. The highest BCUT2D eigenvalue weighted by molar-refractivity contribution is 6.06. The molecule has 0 aliphatic heterocycles. The van der Waals surface area contributed by atoms with Crippen molar-refractivity contribution in [2.24, 2.45) is 4.99 Å². The van der Waals surface area contributed by atoms with Gasteiger partial charge in [-0.15, -0.1) is 0 Å². The van der Waals surface area contributed by atoms with Crippen LogP contribution in [0.1, 0.15) is 84.5 Å². The van der Waals surface area contributed by atoms with E-state index in [1.807, 2.05) is 42.5 Å². The number of benzene rings is 2. The van der Waals surface area contributed by atoms with Crippen molar-refractivity contribution in [1.82, 2.24) is 10.3 Å². The molecule has 0 saturated heterocycles. The number of aromatic nitrogens is 2. The van der Waals surface area contributed by atoms with E-state index in [2.05, 4.69) is 64.7 Å². The van der Waals surface area contributed by atoms with Crippen molar-refractivity contribution in [2.75, 3.05) is 11.9 Å². The number of fused-ring (bicyclic) bond motifs is 2. The average Bonchev–Trinajstić information content (AvgIpc) is 3.07. The number of quaternary nitrogens is 1. The number of hydrogen-bond acceptors (Lipinski definition) is 4. The van der Waals surface area contributed by atoms with Gasteiger partial charge >= 0.3 is 0 Å². The normalized spacial score (nSPS) is 14.7. The summed E-state index contributed by atoms with van der Waals surface area (Å²) in [5.41, 5.74) is 6.39. The summed E-state index contributed by atoms with van der Waals surface area (Å²) in [6.45, 7) is 6.06. The Morgan fingerprint density at radius 1 is 0.891 bits per heavy atom. The number of aliphatic imine (C=N–C) groups is 1. The molecule has 240 valence electrons. The molecule has 0 bridgehead atoms. The molecular formula is C38H48N6O2+2. The molecule has 4 N–H and O–H groups in total. The van der Waals surface area contributed by atoms with Gasteiger partial charge in [-0.1, -0.05) is 62.1 Å². The summed E-state index contributed by atoms with van der Waals surface area (Å²) >= 11 is 0. The van der Waals surface area contributed by atoms with Gasteiger partial charge in [-0.2, -0.15) is 4.57 Å². The van der Waals surface area contributed by atoms with Crippen LogP contribution in [0.15, 0.2) is 71.4 Å². The van der Waals surface area contributed by atoms with E-state index in [0.717, 1.165) is 109 Å². The third kappa shape index (κ3) is 8.63. The predicted molar refractivity (Wildman–Crippen MR) is 186 cm³/mol. The van der Waals surface area contributed by atoms with Crippen LogP contribution in [0.3, 0.4) is 0 Å². The number of nitrogens with two attached hydrogens (primary N) is 1. The van der Waals surface area contributed by atoms with E-state index < -0.39 is 0 Å². The molecule has 0 saturated carbocycles. The number of anilines is 1. The number of unbranched alkanes of at least 4 members (excludes halogenated alkanes) is 5. The first-order valence-electron chi connectivity index (χ1n) is 17.1. The maximum atomic E-state index is 12.8. The summed E-state index contributed by atoms with van der Waals surface area (Å²) in [6, 6.07) is 14.1. The molecule has 0 unspecified atom stereocenters. The van der Waals surface area contributed by atoms with Gasteiger partial charge in [0.2, 0.25) is 22.7 Å². The number of carbonyl (C=O) groups excluding carboxylic acids is 2. The molecule has 2 amide bonds. The van der Waals surface area contributed by atoms with Crippen molar-refractivity contribution in [1.29, 1.82) is 0 Å². The minimum atomic E-state index is 0.0308. The van der Waals surface area contributed by atoms with Crippen molar-refractivity contribution < 1.29 is 19.5 Å². The van der Waals surface area contributed by atoms with Crippen LogP contribution in [-0.4, -0.2) is 29.1 Å². The fourth-order valence-electron chi connectivity index (χ4n) is 6.16. The Bertz CT molecular complexity index is 1770. The highest BCUT2D eigenvalue weighted by Crippen LogP contribution is 2.23. The number of allylic oxidation sites excluding steroid dienone is 4. The summed E-state index contributed by atoms with van der Waals surface area (Å²) in [6.07, 6.45) is 19.9. The number of nitrogens with zero attached hydrogens (tertiary/aromatic N) is 3. The van der Waals surface area contributed by atoms with Crippen molar-refractivity contribution in [3.8, 4) is 0 Å². The molecule has 0 radical (unpaired) electrons. The van der Waals surface area contributed by atoms with Crippen LogP contribution in [0.25, 0.3) is 23.2 Å². The third-order valence-corrected chi connectivity index (χ3v) is 8.49. The van der Waals surface area contributed by atoms with Crippen LogP contribution in [0, 0.1) is 0 Å². The lowest BCUT2D eigenvalue weighted by molar-refractivity contribution is -0.682. The predicted octanol–water partition coefficient (Wildman–Crippen LogP) is 4.90. The lowest BCUT2D eigenvalue weighted by Crippen LogP contribution is -2.77. The molecule has 2 aliphatic carbocycles. The maximum Gasteiger partial charge on any atom is 0.233 e. The summed E-state index contributed by atoms with van der Waals surface area (Å²) in [5.74, 6) is 0.0623. The van der Waals surface area contributed by atoms with Crippen LogP contribution in [0.2, 0.25) is 0 Å². The van der Waals surface area contributed by atoms with Gasteiger partial charge < -0.3 is 16.0 Å². The van der Waals surface area contributed by atoms with Crippen molar-refractivity contribution in [3.05, 3.63) is 77.1 Å². The SMILES string of the molecule is CC[NH2+]c1ccccc1N=C1CC=CC=C1NC(=O)CCCCCCCCC(=O)Nc1cccc2c1nc1c([n+]2CC)=CCCC=1. The summed E-state index contributed by atoms with van der Waals surface area (Å²) in [5, 5.41) is 10.6. The van der Waals surface area contributed by atoms with Crippen LogP contribution in [-0.2, 0) is 16.1 Å². The first kappa shape index (κ1) is 32.9. The number of para-hydroxylation sites is 3. The van der Waals surface area contributed by atoms with Gasteiger partial charge in [0.15, 0.2) is 11.2 Å². The summed E-state index contributed by atoms with van der Waals surface area (Å²) in [7, 11) is 0. The van der Waals surface area contributed by atoms with Gasteiger partial charge in [0.05, 0.1) is 23.6 Å². The Morgan fingerprint density at radius 2 is 1.63 bits per heavy atom. The van der Waals surface area contributed by atoms with Gasteiger partial charge in [0.25, 0.3) is 0 Å². The minimum absolute atomic E-state index is 0.0308. The van der Waals surface area contributed by atoms with Gasteiger partial charge in [0, 0.05) is 31.4 Å². The van der Waals surface area contributed by atoms with Gasteiger partial charge in [-0.25, -0.2) is 9.98 Å². The lowest BCUT2D eigenvalue weighted by atomic mass is 10.1. The molecule has 8 nitrogen and oxygen atoms in total. The van der Waals surface area contributed by atoms with E-state index in [9.17, 15) is 9.59 Å². The monoisotopic (exact) mass is 620 g/mol. The second-order valence-corrected chi connectivity index (χ2v) is 11.9. The fourth-order valence-corrected chi connectivity index (χ4v) is 6.16. The van der Waals surface area contributed by atoms with E-state index in [1.54, 1.807) is 0 Å². The molecule has 5 rings (SSSR count). The van der Waals surface area contributed by atoms with Gasteiger partial charge in [0.1, 0.15) is 17.6 Å². The van der Waals surface area contributed by atoms with E-state index in [-0.39, 0.29) is 11.8 Å². The van der Waals surface area contributed by atoms with E-state index in [0.29, 0.717) is 19.3 Å². The summed E-state index contributed by atoms with van der Waals surface area (Å²) in [4.78, 5) is 35.4. The number of amides is 2. The van der Waals surface area contributed by atoms with E-state index in [4.69, 9.17) is 9.98 Å². The molecule has 0 fully saturated rings. The lowest BCUT2D eigenvalue weighted by Gasteiger charge is -2.14. The molecule has 8 heteroatoms. The van der Waals surface area contributed by atoms with Crippen molar-refractivity contribution >= 4 is 57.8 Å². The molecular weight excluding hydrogens is 572 g/mol. The standard InChI is InChI=1S/C38H46N6O2/c1-3-39-28-18-11-12-19-29(28)40-30-20-13-14-21-31(30)41-36(45)26-9-7-5-6-8-10-27-37(46)42-33-23-17-25-35-38(33)43-32-22-15-16-24-34(32)44(35)4-2/h11-14,17-19,21-25,39H,3-10,15-16,20,26-27H2,1-2H3,(H,41,45)/p+2. The first-order valence-corrected chi connectivity index (χ1v) is 17.1. The van der Waals surface area contributed by atoms with Gasteiger partial charge in [-0.05, 0) is 63.8 Å². The topological polar surface area (TPSA) is 104 Å². The van der Waals surface area contributed by atoms with Crippen LogP contribution >= 0.6 is 0 Å². The van der Waals surface area contributed by atoms with Crippen molar-refractivity contribution in [3.63, 3.8) is 0 Å². The first-order chi connectivity index (χ1) is 22.6. The summed E-state index contributed by atoms with van der Waals surface area (Å²) < 4.78 is 2.29. The molecule has 1 aromatic heterocycles. The molecule has 2 aliphatic rings. The highest BCUT2D eigenvalue weighted by Gasteiger charge is 2.18. The number of nitrogens with one attached hydrogen (secondary N) is 2. The minimum Gasteiger partial charge on any atom is -0.324 e. The Morgan fingerprint density at radius 3 is 2.41 bits per heavy atom.